The van der Waals surface area contributed by atoms with Gasteiger partial charge in [-0.15, -0.1) is 0 Å². The summed E-state index contributed by atoms with van der Waals surface area (Å²) in [6.07, 6.45) is 1.77. The van der Waals surface area contributed by atoms with Crippen molar-refractivity contribution in [2.24, 2.45) is 7.05 Å². The number of aryl methyl sites for hydroxylation is 2. The molecule has 0 atom stereocenters. The van der Waals surface area contributed by atoms with Gasteiger partial charge in [-0.25, -0.2) is 4.98 Å². The largest absolute Gasteiger partial charge is 0.508 e. The first-order chi connectivity index (χ1) is 10.1. The zero-order valence-electron chi connectivity index (χ0n) is 12.4. The van der Waals surface area contributed by atoms with E-state index in [1.165, 1.54) is 5.56 Å². The lowest BCUT2D eigenvalue weighted by Crippen LogP contribution is -2.04. The fourth-order valence-corrected chi connectivity index (χ4v) is 2.54. The Balaban J connectivity index is 1.93. The summed E-state index contributed by atoms with van der Waals surface area (Å²) in [5.41, 5.74) is 3.34. The Bertz CT molecular complexity index is 807. The Morgan fingerprint density at radius 2 is 2.05 bits per heavy atom. The molecule has 0 radical (unpaired) electrons. The van der Waals surface area contributed by atoms with Gasteiger partial charge in [0.05, 0.1) is 5.69 Å². The van der Waals surface area contributed by atoms with Crippen molar-refractivity contribution in [3.05, 3.63) is 47.4 Å². The van der Waals surface area contributed by atoms with Crippen LogP contribution in [-0.4, -0.2) is 19.9 Å². The van der Waals surface area contributed by atoms with E-state index in [4.69, 9.17) is 0 Å². The third-order valence-electron chi connectivity index (χ3n) is 3.84. The van der Waals surface area contributed by atoms with Gasteiger partial charge in [0, 0.05) is 36.4 Å². The average Bonchev–Trinajstić information content (AvgIpc) is 2.70. The maximum Gasteiger partial charge on any atom is 0.134 e. The second-order valence-corrected chi connectivity index (χ2v) is 5.19. The number of benzene rings is 1. The fraction of sp³-hybridized carbons (Fsp3) is 0.250. The Labute approximate surface area is 123 Å². The van der Waals surface area contributed by atoms with Crippen LogP contribution in [0.3, 0.4) is 0 Å². The summed E-state index contributed by atoms with van der Waals surface area (Å²) in [6, 6.07) is 7.23. The zero-order valence-corrected chi connectivity index (χ0v) is 12.4. The van der Waals surface area contributed by atoms with E-state index in [1.807, 2.05) is 30.8 Å². The van der Waals surface area contributed by atoms with Crippen molar-refractivity contribution >= 4 is 16.6 Å². The van der Waals surface area contributed by atoms with Crippen LogP contribution in [0.5, 0.6) is 5.75 Å². The second kappa shape index (κ2) is 5.09. The third kappa shape index (κ3) is 2.42. The van der Waals surface area contributed by atoms with E-state index in [0.717, 1.165) is 28.0 Å². The number of hydrogen-bond donors (Lipinski definition) is 2. The van der Waals surface area contributed by atoms with Crippen LogP contribution in [0.4, 0.5) is 5.82 Å². The molecule has 1 aromatic carbocycles. The standard InChI is InChI=1S/C16H18N4O/c1-10-15(11(2)20(3)19-10)9-18-16-14-8-13(21)5-4-12(14)6-7-17-16/h4-8,21H,9H2,1-3H3,(H,17,18). The molecule has 5 nitrogen and oxygen atoms in total. The van der Waals surface area contributed by atoms with Crippen LogP contribution < -0.4 is 5.32 Å². The minimum atomic E-state index is 0.243. The van der Waals surface area contributed by atoms with Crippen molar-refractivity contribution < 1.29 is 5.11 Å². The van der Waals surface area contributed by atoms with Crippen LogP contribution in [-0.2, 0) is 13.6 Å². The van der Waals surface area contributed by atoms with Gasteiger partial charge in [0.25, 0.3) is 0 Å². The van der Waals surface area contributed by atoms with Crippen LogP contribution in [0.1, 0.15) is 17.0 Å². The second-order valence-electron chi connectivity index (χ2n) is 5.19. The smallest absolute Gasteiger partial charge is 0.134 e. The molecule has 3 aromatic rings. The molecule has 0 spiro atoms. The minimum Gasteiger partial charge on any atom is -0.508 e. The molecule has 0 aliphatic rings. The average molecular weight is 282 g/mol. The molecule has 0 saturated carbocycles. The van der Waals surface area contributed by atoms with Gasteiger partial charge in [0.2, 0.25) is 0 Å². The lowest BCUT2D eigenvalue weighted by atomic mass is 10.1. The molecule has 5 heteroatoms. The normalized spacial score (nSPS) is 11.0. The number of phenols is 1. The van der Waals surface area contributed by atoms with Crippen LogP contribution in [0.25, 0.3) is 10.8 Å². The summed E-state index contributed by atoms with van der Waals surface area (Å²) < 4.78 is 1.88. The molecular weight excluding hydrogens is 264 g/mol. The zero-order chi connectivity index (χ0) is 15.0. The number of aromatic hydroxyl groups is 1. The number of nitrogens with one attached hydrogen (secondary N) is 1. The Kier molecular flexibility index (Phi) is 3.25. The predicted molar refractivity (Wildman–Crippen MR) is 83.4 cm³/mol. The van der Waals surface area contributed by atoms with Crippen LogP contribution in [0, 0.1) is 13.8 Å². The Hall–Kier alpha value is -2.56. The summed E-state index contributed by atoms with van der Waals surface area (Å²) in [5.74, 6) is 1.01. The number of nitrogens with zero attached hydrogens (tertiary/aromatic N) is 3. The highest BCUT2D eigenvalue weighted by Gasteiger charge is 2.10. The van der Waals surface area contributed by atoms with E-state index < -0.39 is 0 Å². The highest BCUT2D eigenvalue weighted by Crippen LogP contribution is 2.25. The number of phenolic OH excluding ortho intramolecular Hbond substituents is 1. The topological polar surface area (TPSA) is 63.0 Å². The van der Waals surface area contributed by atoms with Gasteiger partial charge >= 0.3 is 0 Å². The predicted octanol–water partition coefficient (Wildman–Crippen LogP) is 2.90. The van der Waals surface area contributed by atoms with E-state index in [9.17, 15) is 5.11 Å². The van der Waals surface area contributed by atoms with E-state index >= 15 is 0 Å². The molecule has 2 N–H and O–H groups in total. The summed E-state index contributed by atoms with van der Waals surface area (Å²) in [6.45, 7) is 4.72. The number of fused-ring (bicyclic) bond motifs is 1. The van der Waals surface area contributed by atoms with Crippen LogP contribution >= 0.6 is 0 Å². The minimum absolute atomic E-state index is 0.243. The first kappa shape index (κ1) is 13.4. The van der Waals surface area contributed by atoms with Crippen molar-refractivity contribution in [2.45, 2.75) is 20.4 Å². The molecule has 21 heavy (non-hydrogen) atoms. The van der Waals surface area contributed by atoms with Crippen molar-refractivity contribution in [3.8, 4) is 5.75 Å². The highest BCUT2D eigenvalue weighted by atomic mass is 16.3. The molecule has 0 aliphatic heterocycles. The summed E-state index contributed by atoms with van der Waals surface area (Å²) >= 11 is 0. The third-order valence-corrected chi connectivity index (χ3v) is 3.84. The first-order valence-corrected chi connectivity index (χ1v) is 6.87. The summed E-state index contributed by atoms with van der Waals surface area (Å²) in [4.78, 5) is 4.38. The van der Waals surface area contributed by atoms with Crippen LogP contribution in [0.15, 0.2) is 30.5 Å². The van der Waals surface area contributed by atoms with E-state index in [1.54, 1.807) is 18.3 Å². The Morgan fingerprint density at radius 1 is 1.24 bits per heavy atom. The van der Waals surface area contributed by atoms with Crippen molar-refractivity contribution in [2.75, 3.05) is 5.32 Å². The number of pyridine rings is 1. The van der Waals surface area contributed by atoms with Crippen molar-refractivity contribution in [1.29, 1.82) is 0 Å². The SMILES string of the molecule is Cc1nn(C)c(C)c1CNc1nccc2ccc(O)cc12. The number of rotatable bonds is 3. The van der Waals surface area contributed by atoms with Gasteiger partial charge in [0.1, 0.15) is 11.6 Å². The first-order valence-electron chi connectivity index (χ1n) is 6.87. The van der Waals surface area contributed by atoms with Gasteiger partial charge in [-0.05, 0) is 37.4 Å². The molecule has 0 fully saturated rings. The van der Waals surface area contributed by atoms with E-state index in [2.05, 4.69) is 22.3 Å². The monoisotopic (exact) mass is 282 g/mol. The lowest BCUT2D eigenvalue weighted by Gasteiger charge is -2.09. The molecule has 0 bridgehead atoms. The summed E-state index contributed by atoms with van der Waals surface area (Å²) in [7, 11) is 1.94. The van der Waals surface area contributed by atoms with E-state index in [-0.39, 0.29) is 5.75 Å². The lowest BCUT2D eigenvalue weighted by molar-refractivity contribution is 0.476. The molecule has 108 valence electrons. The maximum absolute atomic E-state index is 9.66. The number of hydrogen-bond acceptors (Lipinski definition) is 4. The van der Waals surface area contributed by atoms with Gasteiger partial charge in [-0.2, -0.15) is 5.10 Å². The summed E-state index contributed by atoms with van der Waals surface area (Å²) in [5, 5.41) is 19.4. The fourth-order valence-electron chi connectivity index (χ4n) is 2.54. The molecule has 2 heterocycles. The number of anilines is 1. The van der Waals surface area contributed by atoms with Crippen molar-refractivity contribution in [3.63, 3.8) is 0 Å². The molecular formula is C16H18N4O. The van der Waals surface area contributed by atoms with Gasteiger partial charge in [-0.1, -0.05) is 6.07 Å². The molecule has 3 rings (SSSR count). The van der Waals surface area contributed by atoms with Crippen molar-refractivity contribution in [1.82, 2.24) is 14.8 Å². The van der Waals surface area contributed by atoms with Gasteiger partial charge < -0.3 is 10.4 Å². The maximum atomic E-state index is 9.66. The molecule has 0 saturated heterocycles. The molecule has 2 aromatic heterocycles. The highest BCUT2D eigenvalue weighted by molar-refractivity contribution is 5.92. The Morgan fingerprint density at radius 3 is 2.76 bits per heavy atom. The molecule has 0 aliphatic carbocycles. The van der Waals surface area contributed by atoms with Crippen LogP contribution in [0.2, 0.25) is 0 Å². The molecule has 0 unspecified atom stereocenters. The van der Waals surface area contributed by atoms with Gasteiger partial charge in [0.15, 0.2) is 0 Å². The van der Waals surface area contributed by atoms with Gasteiger partial charge in [-0.3, -0.25) is 4.68 Å². The van der Waals surface area contributed by atoms with E-state index in [0.29, 0.717) is 6.54 Å². The quantitative estimate of drug-likeness (QED) is 0.775. The molecule has 0 amide bonds. The number of aromatic nitrogens is 3.